The average molecular weight is 290 g/mol. The third-order valence-corrected chi connectivity index (χ3v) is 4.35. The summed E-state index contributed by atoms with van der Waals surface area (Å²) in [7, 11) is 0. The fourth-order valence-corrected chi connectivity index (χ4v) is 3.11. The average Bonchev–Trinajstić information content (AvgIpc) is 2.88. The molecule has 3 rings (SSSR count). The highest BCUT2D eigenvalue weighted by Crippen LogP contribution is 2.32. The van der Waals surface area contributed by atoms with Crippen LogP contribution in [0.25, 0.3) is 0 Å². The number of likely N-dealkylation sites (tertiary alicyclic amines) is 1. The van der Waals surface area contributed by atoms with Gasteiger partial charge in [-0.15, -0.1) is 0 Å². The predicted octanol–water partition coefficient (Wildman–Crippen LogP) is 2.72. The summed E-state index contributed by atoms with van der Waals surface area (Å²) >= 11 is 0. The smallest absolute Gasteiger partial charge is 0.161 e. The molecule has 2 aliphatic heterocycles. The maximum Gasteiger partial charge on any atom is 0.161 e. The van der Waals surface area contributed by atoms with Gasteiger partial charge in [0, 0.05) is 19.0 Å². The topological polar surface area (TPSA) is 47.7 Å². The van der Waals surface area contributed by atoms with Crippen LogP contribution in [-0.4, -0.2) is 37.7 Å². The Bertz CT molecular complexity index is 456. The van der Waals surface area contributed by atoms with E-state index in [1.54, 1.807) is 0 Å². The van der Waals surface area contributed by atoms with E-state index in [4.69, 9.17) is 15.2 Å². The Labute approximate surface area is 127 Å². The second kappa shape index (κ2) is 7.14. The predicted molar refractivity (Wildman–Crippen MR) is 83.9 cm³/mol. The Balaban J connectivity index is 1.66. The Hall–Kier alpha value is -1.26. The molecule has 0 amide bonds. The van der Waals surface area contributed by atoms with E-state index in [1.807, 2.05) is 6.07 Å². The summed E-state index contributed by atoms with van der Waals surface area (Å²) in [4.78, 5) is 2.50. The first-order valence-corrected chi connectivity index (χ1v) is 8.20. The maximum atomic E-state index is 6.41. The standard InChI is InChI=1S/C17H26N2O2/c18-15(13-19-8-3-1-2-4-9-19)14-6-7-16-17(12-14)21-11-5-10-20-16/h6-7,12,15H,1-5,8-11,13,18H2. The summed E-state index contributed by atoms with van der Waals surface area (Å²) in [5.74, 6) is 1.69. The quantitative estimate of drug-likeness (QED) is 0.930. The van der Waals surface area contributed by atoms with Gasteiger partial charge < -0.3 is 20.1 Å². The molecular weight excluding hydrogens is 264 g/mol. The molecule has 4 nitrogen and oxygen atoms in total. The van der Waals surface area contributed by atoms with Gasteiger partial charge in [-0.05, 0) is 43.6 Å². The van der Waals surface area contributed by atoms with Crippen LogP contribution < -0.4 is 15.2 Å². The van der Waals surface area contributed by atoms with Crippen molar-refractivity contribution in [3.05, 3.63) is 23.8 Å². The molecule has 116 valence electrons. The minimum atomic E-state index is 0.0419. The monoisotopic (exact) mass is 290 g/mol. The highest BCUT2D eigenvalue weighted by atomic mass is 16.5. The van der Waals surface area contributed by atoms with Crippen LogP contribution in [0, 0.1) is 0 Å². The zero-order valence-corrected chi connectivity index (χ0v) is 12.7. The van der Waals surface area contributed by atoms with Crippen molar-refractivity contribution in [3.63, 3.8) is 0 Å². The van der Waals surface area contributed by atoms with Gasteiger partial charge in [0.2, 0.25) is 0 Å². The lowest BCUT2D eigenvalue weighted by Gasteiger charge is -2.24. The summed E-state index contributed by atoms with van der Waals surface area (Å²) in [5, 5.41) is 0. The Morgan fingerprint density at radius 3 is 2.43 bits per heavy atom. The molecule has 4 heteroatoms. The first kappa shape index (κ1) is 14.7. The first-order chi connectivity index (χ1) is 10.3. The largest absolute Gasteiger partial charge is 0.490 e. The highest BCUT2D eigenvalue weighted by molar-refractivity contribution is 5.44. The van der Waals surface area contributed by atoms with Gasteiger partial charge >= 0.3 is 0 Å². The Morgan fingerprint density at radius 1 is 0.952 bits per heavy atom. The highest BCUT2D eigenvalue weighted by Gasteiger charge is 2.17. The van der Waals surface area contributed by atoms with E-state index >= 15 is 0 Å². The summed E-state index contributed by atoms with van der Waals surface area (Å²) in [6.45, 7) is 4.74. The lowest BCUT2D eigenvalue weighted by atomic mass is 10.1. The molecule has 0 saturated carbocycles. The summed E-state index contributed by atoms with van der Waals surface area (Å²) in [6, 6.07) is 6.18. The molecule has 0 aromatic heterocycles. The second-order valence-electron chi connectivity index (χ2n) is 6.08. The zero-order valence-electron chi connectivity index (χ0n) is 12.7. The van der Waals surface area contributed by atoms with Crippen molar-refractivity contribution < 1.29 is 9.47 Å². The molecule has 1 unspecified atom stereocenters. The fourth-order valence-electron chi connectivity index (χ4n) is 3.11. The van der Waals surface area contributed by atoms with E-state index < -0.39 is 0 Å². The number of nitrogens with two attached hydrogens (primary N) is 1. The number of hydrogen-bond acceptors (Lipinski definition) is 4. The number of fused-ring (bicyclic) bond motifs is 1. The molecule has 0 bridgehead atoms. The second-order valence-corrected chi connectivity index (χ2v) is 6.08. The van der Waals surface area contributed by atoms with E-state index in [1.165, 1.54) is 38.8 Å². The van der Waals surface area contributed by atoms with Gasteiger partial charge in [-0.1, -0.05) is 18.9 Å². The molecule has 2 aliphatic rings. The third-order valence-electron chi connectivity index (χ3n) is 4.35. The molecule has 1 aromatic rings. The van der Waals surface area contributed by atoms with Gasteiger partial charge in [0.15, 0.2) is 11.5 Å². The lowest BCUT2D eigenvalue weighted by molar-refractivity contribution is 0.267. The maximum absolute atomic E-state index is 6.41. The summed E-state index contributed by atoms with van der Waals surface area (Å²) in [6.07, 6.45) is 6.25. The molecule has 0 aliphatic carbocycles. The van der Waals surface area contributed by atoms with Crippen molar-refractivity contribution in [2.75, 3.05) is 32.8 Å². The molecule has 0 spiro atoms. The number of benzene rings is 1. The van der Waals surface area contributed by atoms with Crippen molar-refractivity contribution >= 4 is 0 Å². The number of rotatable bonds is 3. The van der Waals surface area contributed by atoms with Crippen LogP contribution in [0.2, 0.25) is 0 Å². The minimum absolute atomic E-state index is 0.0419. The van der Waals surface area contributed by atoms with E-state index in [2.05, 4.69) is 17.0 Å². The van der Waals surface area contributed by atoms with Gasteiger partial charge in [-0.3, -0.25) is 0 Å². The molecule has 0 radical (unpaired) electrons. The molecule has 2 heterocycles. The van der Waals surface area contributed by atoms with Gasteiger partial charge in [-0.2, -0.15) is 0 Å². The van der Waals surface area contributed by atoms with Crippen LogP contribution in [0.3, 0.4) is 0 Å². The molecule has 1 aromatic carbocycles. The van der Waals surface area contributed by atoms with Crippen LogP contribution in [0.5, 0.6) is 11.5 Å². The normalized spacial score (nSPS) is 21.4. The lowest BCUT2D eigenvalue weighted by Crippen LogP contribution is -2.33. The fraction of sp³-hybridized carbons (Fsp3) is 0.647. The van der Waals surface area contributed by atoms with Crippen LogP contribution in [0.1, 0.15) is 43.7 Å². The Morgan fingerprint density at radius 2 is 1.67 bits per heavy atom. The molecule has 1 atom stereocenters. The van der Waals surface area contributed by atoms with Gasteiger partial charge in [0.25, 0.3) is 0 Å². The number of nitrogens with zero attached hydrogens (tertiary/aromatic N) is 1. The van der Waals surface area contributed by atoms with Crippen LogP contribution in [0.4, 0.5) is 0 Å². The molecule has 1 fully saturated rings. The van der Waals surface area contributed by atoms with Crippen molar-refractivity contribution in [1.29, 1.82) is 0 Å². The minimum Gasteiger partial charge on any atom is -0.490 e. The van der Waals surface area contributed by atoms with Gasteiger partial charge in [0.1, 0.15) is 0 Å². The van der Waals surface area contributed by atoms with E-state index in [9.17, 15) is 0 Å². The van der Waals surface area contributed by atoms with Gasteiger partial charge in [-0.25, -0.2) is 0 Å². The summed E-state index contributed by atoms with van der Waals surface area (Å²) in [5.41, 5.74) is 7.55. The van der Waals surface area contributed by atoms with Crippen molar-refractivity contribution in [3.8, 4) is 11.5 Å². The van der Waals surface area contributed by atoms with E-state index in [0.717, 1.165) is 43.2 Å². The molecule has 2 N–H and O–H groups in total. The van der Waals surface area contributed by atoms with E-state index in [-0.39, 0.29) is 6.04 Å². The van der Waals surface area contributed by atoms with E-state index in [0.29, 0.717) is 0 Å². The SMILES string of the molecule is NC(CN1CCCCCC1)c1ccc2c(c1)OCCCO2. The van der Waals surface area contributed by atoms with Crippen molar-refractivity contribution in [2.45, 2.75) is 38.1 Å². The molecule has 1 saturated heterocycles. The molecular formula is C17H26N2O2. The number of hydrogen-bond donors (Lipinski definition) is 1. The van der Waals surface area contributed by atoms with Crippen LogP contribution >= 0.6 is 0 Å². The Kier molecular flexibility index (Phi) is 4.99. The third kappa shape index (κ3) is 3.89. The zero-order chi connectivity index (χ0) is 14.5. The van der Waals surface area contributed by atoms with Crippen molar-refractivity contribution in [2.24, 2.45) is 5.73 Å². The van der Waals surface area contributed by atoms with Gasteiger partial charge in [0.05, 0.1) is 13.2 Å². The van der Waals surface area contributed by atoms with Crippen LogP contribution in [-0.2, 0) is 0 Å². The molecule has 21 heavy (non-hydrogen) atoms. The first-order valence-electron chi connectivity index (χ1n) is 8.20. The summed E-state index contributed by atoms with van der Waals surface area (Å²) < 4.78 is 11.4. The van der Waals surface area contributed by atoms with Crippen LogP contribution in [0.15, 0.2) is 18.2 Å². The number of ether oxygens (including phenoxy) is 2. The van der Waals surface area contributed by atoms with Crippen molar-refractivity contribution in [1.82, 2.24) is 4.90 Å².